The molecular formula is C13H17FN2O2. The first-order chi connectivity index (χ1) is 8.54. The van der Waals surface area contributed by atoms with E-state index >= 15 is 0 Å². The van der Waals surface area contributed by atoms with Gasteiger partial charge in [-0.2, -0.15) is 0 Å². The summed E-state index contributed by atoms with van der Waals surface area (Å²) in [6.07, 6.45) is 1.59. The summed E-state index contributed by atoms with van der Waals surface area (Å²) in [5.41, 5.74) is 5.90. The second kappa shape index (κ2) is 5.35. The monoisotopic (exact) mass is 252 g/mol. The first-order valence-corrected chi connectivity index (χ1v) is 6.03. The van der Waals surface area contributed by atoms with Gasteiger partial charge in [0.15, 0.2) is 6.10 Å². The van der Waals surface area contributed by atoms with E-state index in [0.717, 1.165) is 5.56 Å². The van der Waals surface area contributed by atoms with Crippen molar-refractivity contribution < 1.29 is 13.9 Å². The number of carbonyl (C=O) groups excluding carboxylic acids is 1. The largest absolute Gasteiger partial charge is 0.481 e. The molecule has 1 aliphatic rings. The standard InChI is InChI=1S/C13H17FN2O2/c1-8(13(15)17)18-12-5-9(4-10(14)6-12)7-16-11-2-3-11/h4-6,8,11,16H,2-3,7H2,1H3,(H2,15,17). The van der Waals surface area contributed by atoms with Gasteiger partial charge in [0.2, 0.25) is 0 Å². The minimum Gasteiger partial charge on any atom is -0.481 e. The Morgan fingerprint density at radius 3 is 2.89 bits per heavy atom. The van der Waals surface area contributed by atoms with Crippen molar-refractivity contribution >= 4 is 5.91 Å². The smallest absolute Gasteiger partial charge is 0.258 e. The molecule has 3 N–H and O–H groups in total. The molecule has 18 heavy (non-hydrogen) atoms. The number of carbonyl (C=O) groups is 1. The van der Waals surface area contributed by atoms with E-state index in [2.05, 4.69) is 5.32 Å². The molecule has 0 heterocycles. The van der Waals surface area contributed by atoms with Crippen molar-refractivity contribution in [3.8, 4) is 5.75 Å². The Bertz CT molecular complexity index is 447. The molecule has 0 aliphatic heterocycles. The van der Waals surface area contributed by atoms with Crippen LogP contribution in [0.5, 0.6) is 5.75 Å². The third kappa shape index (κ3) is 3.70. The van der Waals surface area contributed by atoms with Gasteiger partial charge in [-0.3, -0.25) is 4.79 Å². The van der Waals surface area contributed by atoms with Gasteiger partial charge in [-0.25, -0.2) is 4.39 Å². The van der Waals surface area contributed by atoms with E-state index in [4.69, 9.17) is 10.5 Å². The zero-order valence-corrected chi connectivity index (χ0v) is 10.3. The van der Waals surface area contributed by atoms with E-state index in [1.165, 1.54) is 31.9 Å². The molecule has 1 saturated carbocycles. The molecule has 1 unspecified atom stereocenters. The highest BCUT2D eigenvalue weighted by atomic mass is 19.1. The van der Waals surface area contributed by atoms with Crippen LogP contribution in [0.25, 0.3) is 0 Å². The third-order valence-electron chi connectivity index (χ3n) is 2.82. The minimum absolute atomic E-state index is 0.328. The number of halogens is 1. The molecule has 1 fully saturated rings. The maximum Gasteiger partial charge on any atom is 0.258 e. The number of nitrogens with one attached hydrogen (secondary N) is 1. The summed E-state index contributed by atoms with van der Waals surface area (Å²) in [5, 5.41) is 3.29. The van der Waals surface area contributed by atoms with Crippen LogP contribution >= 0.6 is 0 Å². The van der Waals surface area contributed by atoms with Crippen LogP contribution in [0.2, 0.25) is 0 Å². The molecule has 4 nitrogen and oxygen atoms in total. The van der Waals surface area contributed by atoms with Crippen LogP contribution in [-0.4, -0.2) is 18.1 Å². The molecule has 0 spiro atoms. The molecule has 5 heteroatoms. The molecule has 1 aromatic carbocycles. The van der Waals surface area contributed by atoms with Crippen molar-refractivity contribution in [1.82, 2.24) is 5.32 Å². The lowest BCUT2D eigenvalue weighted by atomic mass is 10.2. The van der Waals surface area contributed by atoms with Crippen molar-refractivity contribution in [1.29, 1.82) is 0 Å². The first kappa shape index (κ1) is 12.8. The number of benzene rings is 1. The molecule has 0 aromatic heterocycles. The fraction of sp³-hybridized carbons (Fsp3) is 0.462. The predicted molar refractivity (Wildman–Crippen MR) is 65.5 cm³/mol. The van der Waals surface area contributed by atoms with Crippen LogP contribution in [-0.2, 0) is 11.3 Å². The number of amides is 1. The topological polar surface area (TPSA) is 64.3 Å². The van der Waals surface area contributed by atoms with Gasteiger partial charge in [-0.15, -0.1) is 0 Å². The zero-order chi connectivity index (χ0) is 13.1. The summed E-state index contributed by atoms with van der Waals surface area (Å²) >= 11 is 0. The Balaban J connectivity index is 2.02. The van der Waals surface area contributed by atoms with Crippen molar-refractivity contribution in [2.45, 2.75) is 38.5 Å². The van der Waals surface area contributed by atoms with E-state index in [1.54, 1.807) is 6.07 Å². The SMILES string of the molecule is CC(Oc1cc(F)cc(CNC2CC2)c1)C(N)=O. The van der Waals surface area contributed by atoms with Crippen LogP contribution in [0.1, 0.15) is 25.3 Å². The Morgan fingerprint density at radius 1 is 1.56 bits per heavy atom. The molecular weight excluding hydrogens is 235 g/mol. The average Bonchev–Trinajstić information content (AvgIpc) is 3.09. The Kier molecular flexibility index (Phi) is 3.81. The summed E-state index contributed by atoms with van der Waals surface area (Å²) in [6, 6.07) is 4.98. The molecule has 1 aromatic rings. The fourth-order valence-electron chi connectivity index (χ4n) is 1.60. The second-order valence-electron chi connectivity index (χ2n) is 4.61. The Labute approximate surface area is 105 Å². The molecule has 1 atom stereocenters. The van der Waals surface area contributed by atoms with Crippen molar-refractivity contribution in [3.05, 3.63) is 29.6 Å². The zero-order valence-electron chi connectivity index (χ0n) is 10.3. The highest BCUT2D eigenvalue weighted by Gasteiger charge is 2.20. The average molecular weight is 252 g/mol. The number of rotatable bonds is 6. The van der Waals surface area contributed by atoms with Gasteiger partial charge in [-0.05, 0) is 37.5 Å². The number of nitrogens with two attached hydrogens (primary N) is 1. The van der Waals surface area contributed by atoms with Crippen molar-refractivity contribution in [2.24, 2.45) is 5.73 Å². The van der Waals surface area contributed by atoms with Crippen LogP contribution < -0.4 is 15.8 Å². The van der Waals surface area contributed by atoms with Crippen LogP contribution in [0.3, 0.4) is 0 Å². The van der Waals surface area contributed by atoms with Gasteiger partial charge in [0, 0.05) is 18.7 Å². The lowest BCUT2D eigenvalue weighted by Gasteiger charge is -2.12. The van der Waals surface area contributed by atoms with Gasteiger partial charge < -0.3 is 15.8 Å². The van der Waals surface area contributed by atoms with Crippen LogP contribution in [0, 0.1) is 5.82 Å². The Hall–Kier alpha value is -1.62. The molecule has 0 bridgehead atoms. The number of ether oxygens (including phenoxy) is 1. The van der Waals surface area contributed by atoms with E-state index in [-0.39, 0.29) is 5.82 Å². The molecule has 2 rings (SSSR count). The highest BCUT2D eigenvalue weighted by Crippen LogP contribution is 2.21. The van der Waals surface area contributed by atoms with E-state index in [1.807, 2.05) is 0 Å². The normalized spacial score (nSPS) is 16.3. The molecule has 1 aliphatic carbocycles. The summed E-state index contributed by atoms with van der Waals surface area (Å²) in [4.78, 5) is 10.9. The maximum absolute atomic E-state index is 13.4. The van der Waals surface area contributed by atoms with Crippen LogP contribution in [0.15, 0.2) is 18.2 Å². The summed E-state index contributed by atoms with van der Waals surface area (Å²) < 4.78 is 18.7. The Morgan fingerprint density at radius 2 is 2.28 bits per heavy atom. The van der Waals surface area contributed by atoms with Gasteiger partial charge in [0.25, 0.3) is 5.91 Å². The number of hydrogen-bond donors (Lipinski definition) is 2. The van der Waals surface area contributed by atoms with E-state index in [9.17, 15) is 9.18 Å². The lowest BCUT2D eigenvalue weighted by molar-refractivity contribution is -0.123. The number of hydrogen-bond acceptors (Lipinski definition) is 3. The minimum atomic E-state index is -0.768. The van der Waals surface area contributed by atoms with Gasteiger partial charge in [-0.1, -0.05) is 0 Å². The summed E-state index contributed by atoms with van der Waals surface area (Å²) in [5.74, 6) is -0.623. The summed E-state index contributed by atoms with van der Waals surface area (Å²) in [7, 11) is 0. The maximum atomic E-state index is 13.4. The van der Waals surface area contributed by atoms with Crippen molar-refractivity contribution in [3.63, 3.8) is 0 Å². The quantitative estimate of drug-likeness (QED) is 0.802. The predicted octanol–water partition coefficient (Wildman–Crippen LogP) is 1.33. The van der Waals surface area contributed by atoms with Gasteiger partial charge >= 0.3 is 0 Å². The van der Waals surface area contributed by atoms with E-state index in [0.29, 0.717) is 18.3 Å². The van der Waals surface area contributed by atoms with Crippen molar-refractivity contribution in [2.75, 3.05) is 0 Å². The third-order valence-corrected chi connectivity index (χ3v) is 2.82. The highest BCUT2D eigenvalue weighted by molar-refractivity contribution is 5.78. The molecule has 98 valence electrons. The van der Waals surface area contributed by atoms with Gasteiger partial charge in [0.05, 0.1) is 0 Å². The molecule has 0 radical (unpaired) electrons. The second-order valence-corrected chi connectivity index (χ2v) is 4.61. The fourth-order valence-corrected chi connectivity index (χ4v) is 1.60. The first-order valence-electron chi connectivity index (χ1n) is 6.03. The van der Waals surface area contributed by atoms with E-state index < -0.39 is 12.0 Å². The molecule has 0 saturated heterocycles. The molecule has 1 amide bonds. The number of primary amides is 1. The summed E-state index contributed by atoms with van der Waals surface area (Å²) in [6.45, 7) is 2.14. The lowest BCUT2D eigenvalue weighted by Crippen LogP contribution is -2.30. The van der Waals surface area contributed by atoms with Gasteiger partial charge in [0.1, 0.15) is 11.6 Å². The van der Waals surface area contributed by atoms with Crippen LogP contribution in [0.4, 0.5) is 4.39 Å².